The lowest BCUT2D eigenvalue weighted by atomic mass is 10.3. The number of aliphatic hydroxyl groups excluding tert-OH is 1. The minimum atomic E-state index is -0.637. The van der Waals surface area contributed by atoms with Crippen LogP contribution in [0.1, 0.15) is 24.3 Å². The number of hydrogen-bond donors (Lipinski definition) is 2. The van der Waals surface area contributed by atoms with Gasteiger partial charge in [-0.25, -0.2) is 9.78 Å². The van der Waals surface area contributed by atoms with Crippen molar-refractivity contribution < 1.29 is 19.4 Å². The molecule has 1 heterocycles. The molecule has 19 heavy (non-hydrogen) atoms. The highest BCUT2D eigenvalue weighted by molar-refractivity contribution is 6.28. The van der Waals surface area contributed by atoms with Gasteiger partial charge in [0.2, 0.25) is 5.28 Å². The third-order valence-corrected chi connectivity index (χ3v) is 2.17. The summed E-state index contributed by atoms with van der Waals surface area (Å²) in [7, 11) is 0. The molecule has 0 aliphatic rings. The van der Waals surface area contributed by atoms with Crippen LogP contribution in [0.25, 0.3) is 0 Å². The Kier molecular flexibility index (Phi) is 6.31. The molecule has 0 saturated heterocycles. The largest absolute Gasteiger partial charge is 0.488 e. The lowest BCUT2D eigenvalue weighted by Gasteiger charge is -2.13. The molecule has 0 atom stereocenters. The van der Waals surface area contributed by atoms with Gasteiger partial charge in [-0.2, -0.15) is 4.98 Å². The Morgan fingerprint density at radius 2 is 2.11 bits per heavy atom. The molecule has 1 rings (SSSR count). The number of aromatic nitrogens is 2. The summed E-state index contributed by atoms with van der Waals surface area (Å²) in [4.78, 5) is 19.6. The van der Waals surface area contributed by atoms with Crippen LogP contribution in [-0.4, -0.2) is 47.4 Å². The summed E-state index contributed by atoms with van der Waals surface area (Å²) in [5, 5.41) is 11.5. The van der Waals surface area contributed by atoms with Crippen LogP contribution in [0.3, 0.4) is 0 Å². The highest BCUT2D eigenvalue weighted by atomic mass is 35.5. The number of nitrogens with one attached hydrogen (secondary N) is 1. The van der Waals surface area contributed by atoms with Crippen LogP contribution in [0.15, 0.2) is 0 Å². The number of carbonyl (C=O) groups excluding carboxylic acids is 1. The fourth-order valence-electron chi connectivity index (χ4n) is 1.34. The van der Waals surface area contributed by atoms with E-state index in [9.17, 15) is 4.79 Å². The van der Waals surface area contributed by atoms with Gasteiger partial charge < -0.3 is 19.9 Å². The molecule has 0 saturated carbocycles. The predicted molar refractivity (Wildman–Crippen MR) is 69.7 cm³/mol. The van der Waals surface area contributed by atoms with Crippen molar-refractivity contribution in [2.75, 3.05) is 31.7 Å². The van der Waals surface area contributed by atoms with E-state index in [2.05, 4.69) is 15.3 Å². The fourth-order valence-corrected chi connectivity index (χ4v) is 1.51. The number of esters is 1. The first-order valence-corrected chi connectivity index (χ1v) is 6.24. The van der Waals surface area contributed by atoms with E-state index in [4.69, 9.17) is 26.2 Å². The summed E-state index contributed by atoms with van der Waals surface area (Å²) in [5.74, 6) is -0.222. The van der Waals surface area contributed by atoms with Crippen molar-refractivity contribution >= 4 is 23.4 Å². The predicted octanol–water partition coefficient (Wildman–Crippen LogP) is 1.11. The van der Waals surface area contributed by atoms with Gasteiger partial charge in [0, 0.05) is 6.54 Å². The molecule has 0 aromatic carbocycles. The molecule has 0 radical (unpaired) electrons. The second kappa shape index (κ2) is 7.75. The highest BCUT2D eigenvalue weighted by Gasteiger charge is 2.22. The van der Waals surface area contributed by atoms with E-state index < -0.39 is 5.97 Å². The van der Waals surface area contributed by atoms with Gasteiger partial charge in [0.15, 0.2) is 17.3 Å². The number of anilines is 1. The third-order valence-electron chi connectivity index (χ3n) is 2.00. The van der Waals surface area contributed by atoms with Gasteiger partial charge in [0.1, 0.15) is 0 Å². The first-order chi connectivity index (χ1) is 9.13. The third kappa shape index (κ3) is 4.22. The molecule has 0 aliphatic carbocycles. The number of nitrogens with zero attached hydrogens (tertiary/aromatic N) is 2. The summed E-state index contributed by atoms with van der Waals surface area (Å²) in [5.41, 5.74) is -0.0378. The Hall–Kier alpha value is -1.60. The van der Waals surface area contributed by atoms with Crippen molar-refractivity contribution in [1.29, 1.82) is 0 Å². The summed E-state index contributed by atoms with van der Waals surface area (Å²) in [6.07, 6.45) is 0. The molecule has 2 N–H and O–H groups in total. The van der Waals surface area contributed by atoms with Crippen molar-refractivity contribution in [2.45, 2.75) is 13.8 Å². The van der Waals surface area contributed by atoms with E-state index in [1.54, 1.807) is 13.8 Å². The number of hydrogen-bond acceptors (Lipinski definition) is 7. The zero-order valence-corrected chi connectivity index (χ0v) is 11.5. The van der Waals surface area contributed by atoms with E-state index in [0.717, 1.165) is 0 Å². The van der Waals surface area contributed by atoms with Crippen molar-refractivity contribution in [2.24, 2.45) is 0 Å². The zero-order valence-electron chi connectivity index (χ0n) is 10.8. The first-order valence-electron chi connectivity index (χ1n) is 5.86. The first kappa shape index (κ1) is 15.5. The van der Waals surface area contributed by atoms with Crippen molar-refractivity contribution in [3.8, 4) is 5.75 Å². The standard InChI is InChI=1S/C11H16ClN3O4/c1-3-18-8-7(10(17)19-4-2)14-11(12)15-9(8)13-5-6-16/h16H,3-6H2,1-2H3,(H,13,14,15). The summed E-state index contributed by atoms with van der Waals surface area (Å²) in [6.45, 7) is 4.14. The minimum absolute atomic E-state index is 0.0378. The molecule has 106 valence electrons. The Morgan fingerprint density at radius 3 is 2.68 bits per heavy atom. The molecule has 1 aromatic heterocycles. The van der Waals surface area contributed by atoms with E-state index in [1.165, 1.54) is 0 Å². The average molecular weight is 290 g/mol. The number of aliphatic hydroxyl groups is 1. The summed E-state index contributed by atoms with van der Waals surface area (Å²) in [6, 6.07) is 0. The number of carbonyl (C=O) groups is 1. The molecular weight excluding hydrogens is 274 g/mol. The van der Waals surface area contributed by atoms with Gasteiger partial charge in [-0.1, -0.05) is 0 Å². The van der Waals surface area contributed by atoms with E-state index in [0.29, 0.717) is 6.61 Å². The van der Waals surface area contributed by atoms with E-state index in [1.807, 2.05) is 0 Å². The molecule has 1 aromatic rings. The molecule has 0 aliphatic heterocycles. The Bertz CT molecular complexity index is 442. The molecule has 0 fully saturated rings. The van der Waals surface area contributed by atoms with Crippen LogP contribution in [0, 0.1) is 0 Å². The van der Waals surface area contributed by atoms with E-state index in [-0.39, 0.29) is 42.3 Å². The molecule has 0 bridgehead atoms. The molecule has 7 nitrogen and oxygen atoms in total. The average Bonchev–Trinajstić information content (AvgIpc) is 2.38. The molecule has 0 unspecified atom stereocenters. The van der Waals surface area contributed by atoms with Gasteiger partial charge in [0.25, 0.3) is 0 Å². The Balaban J connectivity index is 3.18. The highest BCUT2D eigenvalue weighted by Crippen LogP contribution is 2.28. The van der Waals surface area contributed by atoms with Gasteiger partial charge in [-0.15, -0.1) is 0 Å². The topological polar surface area (TPSA) is 93.6 Å². The fraction of sp³-hybridized carbons (Fsp3) is 0.545. The lowest BCUT2D eigenvalue weighted by Crippen LogP contribution is -2.15. The summed E-state index contributed by atoms with van der Waals surface area (Å²) < 4.78 is 10.2. The Labute approximate surface area is 115 Å². The maximum atomic E-state index is 11.8. The SMILES string of the molecule is CCOC(=O)c1nc(Cl)nc(NCCO)c1OCC. The van der Waals surface area contributed by atoms with Crippen LogP contribution < -0.4 is 10.1 Å². The van der Waals surface area contributed by atoms with Gasteiger partial charge in [-0.3, -0.25) is 0 Å². The van der Waals surface area contributed by atoms with Gasteiger partial charge >= 0.3 is 5.97 Å². The Morgan fingerprint density at radius 1 is 1.37 bits per heavy atom. The van der Waals surface area contributed by atoms with Crippen molar-refractivity contribution in [3.63, 3.8) is 0 Å². The smallest absolute Gasteiger partial charge is 0.361 e. The lowest BCUT2D eigenvalue weighted by molar-refractivity contribution is 0.0514. The van der Waals surface area contributed by atoms with Crippen LogP contribution >= 0.6 is 11.6 Å². The maximum absolute atomic E-state index is 11.8. The van der Waals surface area contributed by atoms with E-state index >= 15 is 0 Å². The second-order valence-electron chi connectivity index (χ2n) is 3.32. The maximum Gasteiger partial charge on any atom is 0.361 e. The number of ether oxygens (including phenoxy) is 2. The van der Waals surface area contributed by atoms with Crippen molar-refractivity contribution in [3.05, 3.63) is 11.0 Å². The van der Waals surface area contributed by atoms with Crippen LogP contribution in [0.4, 0.5) is 5.82 Å². The van der Waals surface area contributed by atoms with Crippen LogP contribution in [0.5, 0.6) is 5.75 Å². The second-order valence-corrected chi connectivity index (χ2v) is 3.66. The van der Waals surface area contributed by atoms with Crippen molar-refractivity contribution in [1.82, 2.24) is 9.97 Å². The molecule has 8 heteroatoms. The molecular formula is C11H16ClN3O4. The monoisotopic (exact) mass is 289 g/mol. The van der Waals surface area contributed by atoms with Gasteiger partial charge in [0.05, 0.1) is 19.8 Å². The van der Waals surface area contributed by atoms with Crippen LogP contribution in [-0.2, 0) is 4.74 Å². The quantitative estimate of drug-likeness (QED) is 0.573. The number of halogens is 1. The normalized spacial score (nSPS) is 10.1. The van der Waals surface area contributed by atoms with Gasteiger partial charge in [-0.05, 0) is 25.4 Å². The number of rotatable bonds is 7. The molecule has 0 amide bonds. The zero-order chi connectivity index (χ0) is 14.3. The summed E-state index contributed by atoms with van der Waals surface area (Å²) >= 11 is 5.76. The molecule has 0 spiro atoms. The minimum Gasteiger partial charge on any atom is -0.488 e. The van der Waals surface area contributed by atoms with Crippen LogP contribution in [0.2, 0.25) is 5.28 Å².